The zero-order chi connectivity index (χ0) is 23.1. The molecular formula is C25H17F2NO5. The van der Waals surface area contributed by atoms with Crippen LogP contribution in [0.5, 0.6) is 11.5 Å². The van der Waals surface area contributed by atoms with Crippen molar-refractivity contribution < 1.29 is 33.0 Å². The molecule has 1 saturated heterocycles. The van der Waals surface area contributed by atoms with Gasteiger partial charge in [-0.2, -0.15) is 0 Å². The number of anilines is 1. The first-order valence-electron chi connectivity index (χ1n) is 10.2. The molecule has 3 aromatic rings. The van der Waals surface area contributed by atoms with Gasteiger partial charge in [-0.25, -0.2) is 8.78 Å². The van der Waals surface area contributed by atoms with E-state index in [9.17, 15) is 23.5 Å². The number of rotatable bonds is 3. The second-order valence-corrected chi connectivity index (χ2v) is 7.53. The number of carbonyl (C=O) groups is 2. The van der Waals surface area contributed by atoms with Crippen LogP contribution in [0, 0.1) is 11.6 Å². The second kappa shape index (κ2) is 8.05. The first-order chi connectivity index (χ1) is 16.0. The molecule has 0 aromatic heterocycles. The summed E-state index contributed by atoms with van der Waals surface area (Å²) in [7, 11) is 0. The lowest BCUT2D eigenvalue weighted by Gasteiger charge is -2.26. The van der Waals surface area contributed by atoms with E-state index in [1.807, 2.05) is 0 Å². The van der Waals surface area contributed by atoms with Crippen molar-refractivity contribution in [2.24, 2.45) is 0 Å². The Morgan fingerprint density at radius 1 is 0.909 bits per heavy atom. The fraction of sp³-hybridized carbons (Fsp3) is 0.120. The quantitative estimate of drug-likeness (QED) is 0.365. The van der Waals surface area contributed by atoms with E-state index in [2.05, 4.69) is 0 Å². The number of aliphatic hydroxyl groups excluding tert-OH is 1. The van der Waals surface area contributed by atoms with Gasteiger partial charge in [-0.05, 0) is 42.5 Å². The molecule has 2 aliphatic heterocycles. The summed E-state index contributed by atoms with van der Waals surface area (Å²) in [6, 6.07) is 14.0. The van der Waals surface area contributed by atoms with Gasteiger partial charge in [0.2, 0.25) is 0 Å². The van der Waals surface area contributed by atoms with E-state index in [0.717, 1.165) is 11.0 Å². The van der Waals surface area contributed by atoms with Crippen LogP contribution in [0.25, 0.3) is 5.76 Å². The summed E-state index contributed by atoms with van der Waals surface area (Å²) in [5.41, 5.74) is -0.0736. The number of amides is 1. The van der Waals surface area contributed by atoms with Crippen LogP contribution in [0.2, 0.25) is 0 Å². The van der Waals surface area contributed by atoms with Crippen molar-refractivity contribution in [3.63, 3.8) is 0 Å². The Morgan fingerprint density at radius 2 is 1.67 bits per heavy atom. The third kappa shape index (κ3) is 3.49. The highest BCUT2D eigenvalue weighted by atomic mass is 19.1. The normalized spacial score (nSPS) is 19.1. The minimum Gasteiger partial charge on any atom is -0.507 e. The van der Waals surface area contributed by atoms with Crippen molar-refractivity contribution in [2.75, 3.05) is 18.1 Å². The molecule has 1 atom stereocenters. The van der Waals surface area contributed by atoms with Crippen LogP contribution in [0.4, 0.5) is 14.5 Å². The van der Waals surface area contributed by atoms with Gasteiger partial charge in [-0.3, -0.25) is 14.5 Å². The largest absolute Gasteiger partial charge is 0.507 e. The third-order valence-corrected chi connectivity index (χ3v) is 5.55. The maximum absolute atomic E-state index is 14.9. The molecule has 33 heavy (non-hydrogen) atoms. The zero-order valence-electron chi connectivity index (χ0n) is 17.1. The number of fused-ring (bicyclic) bond motifs is 1. The Labute approximate surface area is 187 Å². The van der Waals surface area contributed by atoms with Crippen molar-refractivity contribution in [1.29, 1.82) is 0 Å². The second-order valence-electron chi connectivity index (χ2n) is 7.53. The van der Waals surface area contributed by atoms with Gasteiger partial charge >= 0.3 is 0 Å². The van der Waals surface area contributed by atoms with Crippen LogP contribution in [-0.4, -0.2) is 30.0 Å². The smallest absolute Gasteiger partial charge is 0.300 e. The third-order valence-electron chi connectivity index (χ3n) is 5.55. The molecule has 166 valence electrons. The lowest BCUT2D eigenvalue weighted by atomic mass is 9.94. The van der Waals surface area contributed by atoms with Crippen molar-refractivity contribution in [3.8, 4) is 11.5 Å². The standard InChI is InChI=1S/C25H17F2NO5/c26-15-4-3-5-16(13-15)28-22(17-6-1-2-7-18(17)27)21(24(30)25(28)31)23(29)14-8-9-19-20(12-14)33-11-10-32-19/h1-9,12-13,22,29H,10-11H2/b23-21+. The van der Waals surface area contributed by atoms with E-state index < -0.39 is 35.1 Å². The number of Topliss-reactive ketones (excluding diaryl/α,β-unsaturated/α-hetero) is 1. The fourth-order valence-corrected chi connectivity index (χ4v) is 4.06. The highest BCUT2D eigenvalue weighted by Crippen LogP contribution is 2.43. The zero-order valence-corrected chi connectivity index (χ0v) is 17.1. The van der Waals surface area contributed by atoms with E-state index in [1.165, 1.54) is 48.5 Å². The van der Waals surface area contributed by atoms with Crippen molar-refractivity contribution in [3.05, 3.63) is 95.1 Å². The summed E-state index contributed by atoms with van der Waals surface area (Å²) in [6.07, 6.45) is 0. The first kappa shape index (κ1) is 20.7. The van der Waals surface area contributed by atoms with E-state index in [4.69, 9.17) is 9.47 Å². The van der Waals surface area contributed by atoms with Gasteiger partial charge in [0.25, 0.3) is 11.7 Å². The predicted octanol–water partition coefficient (Wildman–Crippen LogP) is 4.36. The Hall–Kier alpha value is -4.20. The highest BCUT2D eigenvalue weighted by molar-refractivity contribution is 6.51. The molecule has 2 heterocycles. The number of halogens is 2. The topological polar surface area (TPSA) is 76.1 Å². The van der Waals surface area contributed by atoms with Gasteiger partial charge < -0.3 is 14.6 Å². The lowest BCUT2D eigenvalue weighted by Crippen LogP contribution is -2.30. The van der Waals surface area contributed by atoms with Crippen LogP contribution >= 0.6 is 0 Å². The van der Waals surface area contributed by atoms with Gasteiger partial charge in [-0.15, -0.1) is 0 Å². The minimum atomic E-state index is -1.30. The molecule has 5 rings (SSSR count). The van der Waals surface area contributed by atoms with Crippen LogP contribution in [0.3, 0.4) is 0 Å². The Bertz CT molecular complexity index is 1320. The molecule has 8 heteroatoms. The number of nitrogens with zero attached hydrogens (tertiary/aromatic N) is 1. The number of carbonyl (C=O) groups excluding carboxylic acids is 2. The summed E-state index contributed by atoms with van der Waals surface area (Å²) in [6.45, 7) is 0.695. The Balaban J connectivity index is 1.72. The average Bonchev–Trinajstić information content (AvgIpc) is 3.09. The highest BCUT2D eigenvalue weighted by Gasteiger charge is 2.48. The average molecular weight is 449 g/mol. The molecule has 2 aliphatic rings. The molecule has 6 nitrogen and oxygen atoms in total. The van der Waals surface area contributed by atoms with Crippen LogP contribution in [0.15, 0.2) is 72.3 Å². The lowest BCUT2D eigenvalue weighted by molar-refractivity contribution is -0.132. The van der Waals surface area contributed by atoms with Crippen LogP contribution in [0.1, 0.15) is 17.2 Å². The summed E-state index contributed by atoms with van der Waals surface area (Å²) < 4.78 is 39.8. The summed E-state index contributed by atoms with van der Waals surface area (Å²) in [4.78, 5) is 27.1. The molecule has 1 amide bonds. The number of ketones is 1. The van der Waals surface area contributed by atoms with Gasteiger partial charge in [-0.1, -0.05) is 24.3 Å². The number of aliphatic hydroxyl groups is 1. The molecule has 0 saturated carbocycles. The van der Waals surface area contributed by atoms with Crippen molar-refractivity contribution in [2.45, 2.75) is 6.04 Å². The van der Waals surface area contributed by atoms with E-state index in [0.29, 0.717) is 24.7 Å². The molecule has 1 fully saturated rings. The van der Waals surface area contributed by atoms with Gasteiger partial charge in [0.15, 0.2) is 11.5 Å². The Morgan fingerprint density at radius 3 is 2.42 bits per heavy atom. The summed E-state index contributed by atoms with van der Waals surface area (Å²) >= 11 is 0. The van der Waals surface area contributed by atoms with Crippen LogP contribution in [-0.2, 0) is 9.59 Å². The fourth-order valence-electron chi connectivity index (χ4n) is 4.06. The molecule has 1 N–H and O–H groups in total. The monoisotopic (exact) mass is 449 g/mol. The number of benzene rings is 3. The number of ether oxygens (including phenoxy) is 2. The van der Waals surface area contributed by atoms with Crippen molar-refractivity contribution >= 4 is 23.1 Å². The number of hydrogen-bond acceptors (Lipinski definition) is 5. The SMILES string of the molecule is O=C1C(=O)N(c2cccc(F)c2)C(c2ccccc2F)/C1=C(\O)c1ccc2c(c1)OCCO2. The van der Waals surface area contributed by atoms with E-state index in [-0.39, 0.29) is 22.4 Å². The van der Waals surface area contributed by atoms with Crippen LogP contribution < -0.4 is 14.4 Å². The van der Waals surface area contributed by atoms with Gasteiger partial charge in [0.05, 0.1) is 11.6 Å². The molecular weight excluding hydrogens is 432 g/mol. The molecule has 1 unspecified atom stereocenters. The van der Waals surface area contributed by atoms with Gasteiger partial charge in [0, 0.05) is 16.8 Å². The maximum Gasteiger partial charge on any atom is 0.300 e. The van der Waals surface area contributed by atoms with Gasteiger partial charge in [0.1, 0.15) is 30.6 Å². The Kier molecular flexibility index (Phi) is 5.05. The molecule has 0 spiro atoms. The molecule has 3 aromatic carbocycles. The number of hydrogen-bond donors (Lipinski definition) is 1. The summed E-state index contributed by atoms with van der Waals surface area (Å²) in [5, 5.41) is 11.1. The van der Waals surface area contributed by atoms with E-state index in [1.54, 1.807) is 12.1 Å². The molecule has 0 radical (unpaired) electrons. The van der Waals surface area contributed by atoms with Crippen molar-refractivity contribution in [1.82, 2.24) is 0 Å². The molecule has 0 aliphatic carbocycles. The molecule has 0 bridgehead atoms. The predicted molar refractivity (Wildman–Crippen MR) is 115 cm³/mol. The maximum atomic E-state index is 14.9. The van der Waals surface area contributed by atoms with E-state index >= 15 is 0 Å². The summed E-state index contributed by atoms with van der Waals surface area (Å²) in [5.74, 6) is -2.99. The minimum absolute atomic E-state index is 0.0138. The first-order valence-corrected chi connectivity index (χ1v) is 10.2.